The maximum absolute atomic E-state index is 11.8. The number of halogens is 1. The predicted octanol–water partition coefficient (Wildman–Crippen LogP) is 3.96. The summed E-state index contributed by atoms with van der Waals surface area (Å²) in [4.78, 5) is 23.5. The molecular formula is C16H9ClO6. The molecule has 0 radical (unpaired) electrons. The third kappa shape index (κ3) is 3.44. The second-order valence-corrected chi connectivity index (χ2v) is 4.73. The molecule has 3 rings (SSSR count). The van der Waals surface area contributed by atoms with Crippen LogP contribution in [0.5, 0.6) is 11.5 Å². The van der Waals surface area contributed by atoms with Gasteiger partial charge in [0.15, 0.2) is 0 Å². The first kappa shape index (κ1) is 14.9. The molecule has 0 fully saturated rings. The molecule has 7 heteroatoms. The fraction of sp³-hybridized carbons (Fsp3) is 0. The molecule has 0 unspecified atom stereocenters. The fourth-order valence-corrected chi connectivity index (χ4v) is 1.93. The summed E-state index contributed by atoms with van der Waals surface area (Å²) >= 11 is 6.02. The molecule has 3 aromatic rings. The van der Waals surface area contributed by atoms with E-state index in [0.29, 0.717) is 0 Å². The molecule has 0 N–H and O–H groups in total. The van der Waals surface area contributed by atoms with Crippen molar-refractivity contribution in [3.63, 3.8) is 0 Å². The molecule has 6 nitrogen and oxygen atoms in total. The van der Waals surface area contributed by atoms with Crippen molar-refractivity contribution in [2.75, 3.05) is 0 Å². The van der Waals surface area contributed by atoms with Crippen LogP contribution in [0.1, 0.15) is 21.1 Å². The van der Waals surface area contributed by atoms with E-state index in [1.165, 1.54) is 42.9 Å². The molecule has 0 aliphatic heterocycles. The number of ether oxygens (including phenoxy) is 2. The summed E-state index contributed by atoms with van der Waals surface area (Å²) in [5.74, 6) is -0.924. The first-order valence-corrected chi connectivity index (χ1v) is 6.82. The number of furan rings is 2. The average Bonchev–Trinajstić information content (AvgIpc) is 3.23. The van der Waals surface area contributed by atoms with Crippen molar-refractivity contribution >= 4 is 23.5 Å². The maximum Gasteiger partial charge on any atom is 0.379 e. The maximum atomic E-state index is 11.8. The van der Waals surface area contributed by atoms with E-state index in [1.807, 2.05) is 0 Å². The van der Waals surface area contributed by atoms with Crippen molar-refractivity contribution in [3.8, 4) is 11.5 Å². The smallest absolute Gasteiger partial charge is 0.379 e. The van der Waals surface area contributed by atoms with E-state index in [-0.39, 0.29) is 28.0 Å². The summed E-state index contributed by atoms with van der Waals surface area (Å²) in [6.07, 6.45) is 2.72. The Hall–Kier alpha value is -2.99. The van der Waals surface area contributed by atoms with Crippen molar-refractivity contribution in [1.82, 2.24) is 0 Å². The van der Waals surface area contributed by atoms with E-state index in [2.05, 4.69) is 0 Å². The van der Waals surface area contributed by atoms with Crippen molar-refractivity contribution in [1.29, 1.82) is 0 Å². The van der Waals surface area contributed by atoms with Crippen LogP contribution in [0.4, 0.5) is 0 Å². The topological polar surface area (TPSA) is 78.9 Å². The molecule has 0 saturated heterocycles. The summed E-state index contributed by atoms with van der Waals surface area (Å²) in [6, 6.07) is 10.3. The number of benzene rings is 1. The zero-order valence-corrected chi connectivity index (χ0v) is 12.3. The van der Waals surface area contributed by atoms with Gasteiger partial charge in [0.1, 0.15) is 11.5 Å². The number of hydrogen-bond donors (Lipinski definition) is 0. The number of rotatable bonds is 4. The molecule has 2 aromatic heterocycles. The van der Waals surface area contributed by atoms with Gasteiger partial charge in [0.25, 0.3) is 0 Å². The van der Waals surface area contributed by atoms with Crippen molar-refractivity contribution in [3.05, 3.63) is 71.5 Å². The Morgan fingerprint density at radius 2 is 1.48 bits per heavy atom. The van der Waals surface area contributed by atoms with Crippen LogP contribution in [0.2, 0.25) is 5.02 Å². The lowest BCUT2D eigenvalue weighted by molar-refractivity contribution is 0.0687. The highest BCUT2D eigenvalue weighted by Crippen LogP contribution is 2.30. The van der Waals surface area contributed by atoms with Gasteiger partial charge in [-0.15, -0.1) is 0 Å². The van der Waals surface area contributed by atoms with E-state index >= 15 is 0 Å². The standard InChI is InChI=1S/C16H9ClO6/c17-11-9-10(22-15(18)13-3-1-7-20-13)5-6-12(11)23-16(19)14-4-2-8-21-14/h1-9H. The fourth-order valence-electron chi connectivity index (χ4n) is 1.72. The van der Waals surface area contributed by atoms with Gasteiger partial charge in [0.2, 0.25) is 11.5 Å². The van der Waals surface area contributed by atoms with Gasteiger partial charge in [0.05, 0.1) is 17.5 Å². The van der Waals surface area contributed by atoms with E-state index in [9.17, 15) is 9.59 Å². The Labute approximate surface area is 135 Å². The molecule has 0 amide bonds. The number of hydrogen-bond acceptors (Lipinski definition) is 6. The molecule has 1 aromatic carbocycles. The molecule has 0 bridgehead atoms. The van der Waals surface area contributed by atoms with E-state index < -0.39 is 11.9 Å². The molecule has 116 valence electrons. The van der Waals surface area contributed by atoms with E-state index in [1.54, 1.807) is 12.1 Å². The van der Waals surface area contributed by atoms with Crippen LogP contribution in [-0.4, -0.2) is 11.9 Å². The Balaban J connectivity index is 1.71. The lowest BCUT2D eigenvalue weighted by atomic mass is 10.3. The van der Waals surface area contributed by atoms with Gasteiger partial charge in [-0.2, -0.15) is 0 Å². The summed E-state index contributed by atoms with van der Waals surface area (Å²) in [5.41, 5.74) is 0. The van der Waals surface area contributed by atoms with E-state index in [4.69, 9.17) is 29.9 Å². The number of carbonyl (C=O) groups is 2. The van der Waals surface area contributed by atoms with E-state index in [0.717, 1.165) is 0 Å². The Morgan fingerprint density at radius 3 is 2.00 bits per heavy atom. The lowest BCUT2D eigenvalue weighted by Gasteiger charge is -2.07. The number of carbonyl (C=O) groups excluding carboxylic acids is 2. The number of esters is 2. The zero-order chi connectivity index (χ0) is 16.2. The highest BCUT2D eigenvalue weighted by atomic mass is 35.5. The predicted molar refractivity (Wildman–Crippen MR) is 78.8 cm³/mol. The van der Waals surface area contributed by atoms with Crippen LogP contribution in [0.25, 0.3) is 0 Å². The van der Waals surface area contributed by atoms with Crippen LogP contribution in [-0.2, 0) is 0 Å². The molecule has 0 spiro atoms. The average molecular weight is 333 g/mol. The normalized spacial score (nSPS) is 10.3. The second-order valence-electron chi connectivity index (χ2n) is 4.33. The van der Waals surface area contributed by atoms with Crippen LogP contribution in [0, 0.1) is 0 Å². The summed E-state index contributed by atoms with van der Waals surface area (Å²) in [6.45, 7) is 0. The van der Waals surface area contributed by atoms with Gasteiger partial charge in [-0.1, -0.05) is 11.6 Å². The van der Waals surface area contributed by atoms with Gasteiger partial charge in [-0.05, 0) is 36.4 Å². The molecule has 23 heavy (non-hydrogen) atoms. The monoisotopic (exact) mass is 332 g/mol. The summed E-state index contributed by atoms with van der Waals surface area (Å²) in [5, 5.41) is 0.106. The first-order valence-electron chi connectivity index (χ1n) is 6.44. The van der Waals surface area contributed by atoms with Crippen molar-refractivity contribution < 1.29 is 27.9 Å². The van der Waals surface area contributed by atoms with Crippen LogP contribution in [0.15, 0.2) is 63.8 Å². The Bertz CT molecular complexity index is 820. The van der Waals surface area contributed by atoms with Gasteiger partial charge >= 0.3 is 11.9 Å². The summed E-state index contributed by atoms with van der Waals surface area (Å²) < 4.78 is 20.0. The quantitative estimate of drug-likeness (QED) is 0.531. The minimum absolute atomic E-state index is 0.0504. The highest BCUT2D eigenvalue weighted by Gasteiger charge is 2.16. The lowest BCUT2D eigenvalue weighted by Crippen LogP contribution is -2.09. The van der Waals surface area contributed by atoms with Crippen LogP contribution < -0.4 is 9.47 Å². The zero-order valence-electron chi connectivity index (χ0n) is 11.5. The molecular weight excluding hydrogens is 324 g/mol. The van der Waals surface area contributed by atoms with Crippen LogP contribution in [0.3, 0.4) is 0 Å². The highest BCUT2D eigenvalue weighted by molar-refractivity contribution is 6.32. The first-order chi connectivity index (χ1) is 11.1. The van der Waals surface area contributed by atoms with Gasteiger partial charge in [0, 0.05) is 6.07 Å². The molecule has 0 saturated carbocycles. The third-order valence-corrected chi connectivity index (χ3v) is 3.06. The van der Waals surface area contributed by atoms with Gasteiger partial charge in [-0.25, -0.2) is 9.59 Å². The van der Waals surface area contributed by atoms with Crippen molar-refractivity contribution in [2.24, 2.45) is 0 Å². The largest absolute Gasteiger partial charge is 0.457 e. The van der Waals surface area contributed by atoms with Gasteiger partial charge in [-0.3, -0.25) is 0 Å². The Morgan fingerprint density at radius 1 is 0.870 bits per heavy atom. The summed E-state index contributed by atoms with van der Waals surface area (Å²) in [7, 11) is 0. The molecule has 0 aliphatic rings. The minimum atomic E-state index is -0.683. The second kappa shape index (κ2) is 6.41. The Kier molecular flexibility index (Phi) is 4.16. The molecule has 2 heterocycles. The molecule has 0 atom stereocenters. The minimum Gasteiger partial charge on any atom is -0.457 e. The van der Waals surface area contributed by atoms with Crippen LogP contribution >= 0.6 is 11.6 Å². The third-order valence-electron chi connectivity index (χ3n) is 2.76. The molecule has 0 aliphatic carbocycles. The SMILES string of the molecule is O=C(Oc1ccc(OC(=O)c2ccco2)c(Cl)c1)c1ccco1. The van der Waals surface area contributed by atoms with Crippen molar-refractivity contribution in [2.45, 2.75) is 0 Å². The van der Waals surface area contributed by atoms with Gasteiger partial charge < -0.3 is 18.3 Å².